The predicted octanol–water partition coefficient (Wildman–Crippen LogP) is 1.54. The number of benzene rings is 1. The number of nitrogens with zero attached hydrogens (tertiary/aromatic N) is 1. The largest absolute Gasteiger partial charge is 0.460 e. The number of carbonyl (C=O) groups excluding carboxylic acids is 1. The number of carbonyl (C=O) groups is 1. The van der Waals surface area contributed by atoms with Gasteiger partial charge >= 0.3 is 5.97 Å². The quantitative estimate of drug-likeness (QED) is 0.847. The monoisotopic (exact) mass is 275 g/mol. The number of rotatable bonds is 4. The molecule has 2 fully saturated rings. The molecule has 108 valence electrons. The van der Waals surface area contributed by atoms with Crippen LogP contribution in [0.1, 0.15) is 30.7 Å². The van der Waals surface area contributed by atoms with Gasteiger partial charge in [0.25, 0.3) is 0 Å². The lowest BCUT2D eigenvalue weighted by Crippen LogP contribution is -2.34. The Morgan fingerprint density at radius 3 is 2.70 bits per heavy atom. The van der Waals surface area contributed by atoms with E-state index in [9.17, 15) is 9.90 Å². The van der Waals surface area contributed by atoms with E-state index < -0.39 is 5.92 Å². The van der Waals surface area contributed by atoms with E-state index in [2.05, 4.69) is 11.9 Å². The molecule has 2 aliphatic heterocycles. The first-order chi connectivity index (χ1) is 9.70. The maximum atomic E-state index is 12.3. The SMILES string of the molecule is CN1C2CCC1C(OC(=O)C(CO)c1ccccc1)C2. The topological polar surface area (TPSA) is 49.8 Å². The number of fused-ring (bicyclic) bond motifs is 2. The fraction of sp³-hybridized carbons (Fsp3) is 0.562. The van der Waals surface area contributed by atoms with Crippen LogP contribution in [0.3, 0.4) is 0 Å². The van der Waals surface area contributed by atoms with Gasteiger partial charge in [-0.1, -0.05) is 30.3 Å². The minimum absolute atomic E-state index is 0.0102. The fourth-order valence-corrected chi connectivity index (χ4v) is 3.56. The van der Waals surface area contributed by atoms with Gasteiger partial charge in [0.05, 0.1) is 6.61 Å². The van der Waals surface area contributed by atoms with Crippen molar-refractivity contribution in [2.45, 2.75) is 43.4 Å². The number of aliphatic hydroxyl groups is 1. The summed E-state index contributed by atoms with van der Waals surface area (Å²) < 4.78 is 5.68. The normalized spacial score (nSPS) is 30.4. The van der Waals surface area contributed by atoms with Crippen molar-refractivity contribution in [1.29, 1.82) is 0 Å². The fourth-order valence-electron chi connectivity index (χ4n) is 3.56. The van der Waals surface area contributed by atoms with Gasteiger partial charge in [-0.2, -0.15) is 0 Å². The zero-order chi connectivity index (χ0) is 14.1. The standard InChI is InChI=1S/C16H21NO3/c1-17-12-7-8-14(17)15(9-12)20-16(19)13(10-18)11-5-3-2-4-6-11/h2-6,12-15,18H,7-10H2,1H3. The summed E-state index contributed by atoms with van der Waals surface area (Å²) in [5.41, 5.74) is 0.816. The summed E-state index contributed by atoms with van der Waals surface area (Å²) in [6, 6.07) is 10.3. The molecule has 2 saturated heterocycles. The third kappa shape index (κ3) is 2.34. The summed E-state index contributed by atoms with van der Waals surface area (Å²) in [6.07, 6.45) is 3.23. The minimum Gasteiger partial charge on any atom is -0.460 e. The van der Waals surface area contributed by atoms with Gasteiger partial charge in [0, 0.05) is 18.5 Å². The molecule has 0 aromatic heterocycles. The van der Waals surface area contributed by atoms with Crippen molar-refractivity contribution < 1.29 is 14.6 Å². The van der Waals surface area contributed by atoms with Gasteiger partial charge in [0.15, 0.2) is 0 Å². The Morgan fingerprint density at radius 1 is 1.40 bits per heavy atom. The summed E-state index contributed by atoms with van der Waals surface area (Å²) in [6.45, 7) is -0.209. The first-order valence-corrected chi connectivity index (χ1v) is 7.29. The first kappa shape index (κ1) is 13.6. The summed E-state index contributed by atoms with van der Waals surface area (Å²) in [5.74, 6) is -0.870. The van der Waals surface area contributed by atoms with Crippen LogP contribution >= 0.6 is 0 Å². The second kappa shape index (κ2) is 5.54. The molecular weight excluding hydrogens is 254 g/mol. The van der Waals surface area contributed by atoms with E-state index in [0.29, 0.717) is 12.1 Å². The van der Waals surface area contributed by atoms with Gasteiger partial charge in [-0.15, -0.1) is 0 Å². The molecule has 2 aliphatic rings. The van der Waals surface area contributed by atoms with Gasteiger partial charge in [-0.05, 0) is 25.5 Å². The van der Waals surface area contributed by atoms with Crippen molar-refractivity contribution in [2.75, 3.05) is 13.7 Å². The van der Waals surface area contributed by atoms with E-state index in [1.807, 2.05) is 30.3 Å². The number of ether oxygens (including phenoxy) is 1. The van der Waals surface area contributed by atoms with E-state index in [0.717, 1.165) is 18.4 Å². The highest BCUT2D eigenvalue weighted by molar-refractivity contribution is 5.78. The highest BCUT2D eigenvalue weighted by Gasteiger charge is 2.46. The first-order valence-electron chi connectivity index (χ1n) is 7.29. The molecule has 0 spiro atoms. The van der Waals surface area contributed by atoms with E-state index in [4.69, 9.17) is 4.74 Å². The molecule has 2 bridgehead atoms. The van der Waals surface area contributed by atoms with Crippen LogP contribution in [0.5, 0.6) is 0 Å². The lowest BCUT2D eigenvalue weighted by atomic mass is 9.96. The number of likely N-dealkylation sites (N-methyl/N-ethyl adjacent to an activating group) is 1. The second-order valence-electron chi connectivity index (χ2n) is 5.82. The zero-order valence-corrected chi connectivity index (χ0v) is 11.7. The molecule has 4 unspecified atom stereocenters. The molecule has 4 heteroatoms. The summed E-state index contributed by atoms with van der Waals surface area (Å²) >= 11 is 0. The van der Waals surface area contributed by atoms with Crippen LogP contribution in [0.15, 0.2) is 30.3 Å². The average Bonchev–Trinajstić information content (AvgIpc) is 2.96. The Hall–Kier alpha value is -1.39. The van der Waals surface area contributed by atoms with Crippen LogP contribution in [-0.2, 0) is 9.53 Å². The van der Waals surface area contributed by atoms with Gasteiger partial charge in [-0.3, -0.25) is 9.69 Å². The molecule has 1 aromatic rings. The van der Waals surface area contributed by atoms with Crippen molar-refractivity contribution in [1.82, 2.24) is 4.90 Å². The van der Waals surface area contributed by atoms with Gasteiger partial charge in [0.2, 0.25) is 0 Å². The van der Waals surface area contributed by atoms with Crippen molar-refractivity contribution in [3.63, 3.8) is 0 Å². The highest BCUT2D eigenvalue weighted by atomic mass is 16.5. The molecule has 4 atom stereocenters. The van der Waals surface area contributed by atoms with Gasteiger partial charge in [-0.25, -0.2) is 0 Å². The lowest BCUT2D eigenvalue weighted by molar-refractivity contribution is -0.153. The molecule has 4 nitrogen and oxygen atoms in total. The van der Waals surface area contributed by atoms with Crippen LogP contribution in [0, 0.1) is 0 Å². The molecular formula is C16H21NO3. The molecule has 1 N–H and O–H groups in total. The Balaban J connectivity index is 1.67. The molecule has 0 saturated carbocycles. The van der Waals surface area contributed by atoms with E-state index in [1.165, 1.54) is 6.42 Å². The molecule has 2 heterocycles. The molecule has 1 aromatic carbocycles. The summed E-state index contributed by atoms with van der Waals surface area (Å²) in [7, 11) is 2.11. The maximum absolute atomic E-state index is 12.3. The predicted molar refractivity (Wildman–Crippen MR) is 75.3 cm³/mol. The lowest BCUT2D eigenvalue weighted by Gasteiger charge is -2.24. The molecule has 3 rings (SSSR count). The molecule has 0 aliphatic carbocycles. The van der Waals surface area contributed by atoms with Crippen molar-refractivity contribution in [3.05, 3.63) is 35.9 Å². The van der Waals surface area contributed by atoms with Crippen LogP contribution in [-0.4, -0.2) is 47.8 Å². The van der Waals surface area contributed by atoms with Crippen molar-refractivity contribution in [2.24, 2.45) is 0 Å². The van der Waals surface area contributed by atoms with Crippen molar-refractivity contribution >= 4 is 5.97 Å². The number of hydrogen-bond acceptors (Lipinski definition) is 4. The third-order valence-electron chi connectivity index (χ3n) is 4.76. The third-order valence-corrected chi connectivity index (χ3v) is 4.76. The molecule has 0 radical (unpaired) electrons. The van der Waals surface area contributed by atoms with E-state index >= 15 is 0 Å². The Labute approximate surface area is 119 Å². The maximum Gasteiger partial charge on any atom is 0.316 e. The van der Waals surface area contributed by atoms with Crippen LogP contribution in [0.2, 0.25) is 0 Å². The summed E-state index contributed by atoms with van der Waals surface area (Å²) in [4.78, 5) is 14.6. The van der Waals surface area contributed by atoms with Crippen LogP contribution in [0.4, 0.5) is 0 Å². The average molecular weight is 275 g/mol. The van der Waals surface area contributed by atoms with Crippen LogP contribution < -0.4 is 0 Å². The van der Waals surface area contributed by atoms with Crippen molar-refractivity contribution in [3.8, 4) is 0 Å². The Kier molecular flexibility index (Phi) is 3.76. The van der Waals surface area contributed by atoms with Gasteiger partial charge in [0.1, 0.15) is 12.0 Å². The Morgan fingerprint density at radius 2 is 2.15 bits per heavy atom. The summed E-state index contributed by atoms with van der Waals surface area (Å²) in [5, 5.41) is 9.50. The van der Waals surface area contributed by atoms with Crippen LogP contribution in [0.25, 0.3) is 0 Å². The Bertz CT molecular complexity index is 476. The molecule has 0 amide bonds. The minimum atomic E-state index is -0.569. The highest BCUT2D eigenvalue weighted by Crippen LogP contribution is 2.38. The van der Waals surface area contributed by atoms with Gasteiger partial charge < -0.3 is 9.84 Å². The number of hydrogen-bond donors (Lipinski definition) is 1. The number of aliphatic hydroxyl groups excluding tert-OH is 1. The zero-order valence-electron chi connectivity index (χ0n) is 11.7. The second-order valence-corrected chi connectivity index (χ2v) is 5.82. The smallest absolute Gasteiger partial charge is 0.316 e. The van der Waals surface area contributed by atoms with E-state index in [-0.39, 0.29) is 18.7 Å². The molecule has 20 heavy (non-hydrogen) atoms. The van der Waals surface area contributed by atoms with E-state index in [1.54, 1.807) is 0 Å². The number of esters is 1.